The summed E-state index contributed by atoms with van der Waals surface area (Å²) in [6.07, 6.45) is 0. The minimum Gasteiger partial charge on any atom is -0.368 e. The number of hydrazine groups is 1. The van der Waals surface area contributed by atoms with Gasteiger partial charge < -0.3 is 16.5 Å². The zero-order chi connectivity index (χ0) is 14.0. The van der Waals surface area contributed by atoms with E-state index in [0.717, 1.165) is 12.1 Å². The van der Waals surface area contributed by atoms with Crippen LogP contribution in [0.1, 0.15) is 0 Å². The molecule has 2 rings (SSSR count). The molecule has 9 heteroatoms. The first-order valence-corrected chi connectivity index (χ1v) is 5.03. The molecule has 100 valence electrons. The number of nitrogens with one attached hydrogen (secondary N) is 2. The zero-order valence-corrected chi connectivity index (χ0v) is 9.42. The van der Waals surface area contributed by atoms with Crippen LogP contribution in [0.5, 0.6) is 0 Å². The van der Waals surface area contributed by atoms with Crippen molar-refractivity contribution in [2.75, 3.05) is 16.5 Å². The lowest BCUT2D eigenvalue weighted by atomic mass is 10.3. The molecule has 1 aromatic carbocycles. The maximum Gasteiger partial charge on any atom is 0.223 e. The van der Waals surface area contributed by atoms with Crippen molar-refractivity contribution < 1.29 is 13.2 Å². The number of nitrogen functional groups attached to an aromatic ring is 2. The molecule has 0 radical (unpaired) electrons. The number of nitrogens with two attached hydrogens (primary N) is 2. The van der Waals surface area contributed by atoms with Crippen molar-refractivity contribution in [2.45, 2.75) is 0 Å². The number of hydrogen-bond donors (Lipinski definition) is 4. The maximum absolute atomic E-state index is 13.4. The summed E-state index contributed by atoms with van der Waals surface area (Å²) in [6.45, 7) is 0. The Hall–Kier alpha value is -2.55. The van der Waals surface area contributed by atoms with Gasteiger partial charge in [0.15, 0.2) is 17.5 Å². The van der Waals surface area contributed by atoms with Crippen LogP contribution in [0.15, 0.2) is 18.2 Å². The van der Waals surface area contributed by atoms with Gasteiger partial charge in [0, 0.05) is 6.07 Å². The first-order valence-electron chi connectivity index (χ1n) is 5.03. The Morgan fingerprint density at radius 2 is 1.68 bits per heavy atom. The molecule has 19 heavy (non-hydrogen) atoms. The van der Waals surface area contributed by atoms with Crippen LogP contribution >= 0.6 is 0 Å². The van der Waals surface area contributed by atoms with Gasteiger partial charge in [0.2, 0.25) is 5.95 Å². The summed E-state index contributed by atoms with van der Waals surface area (Å²) >= 11 is 0. The van der Waals surface area contributed by atoms with E-state index in [1.54, 1.807) is 0 Å². The Morgan fingerprint density at radius 3 is 2.37 bits per heavy atom. The molecule has 0 aliphatic heterocycles. The second-order valence-electron chi connectivity index (χ2n) is 3.49. The van der Waals surface area contributed by atoms with E-state index in [0.29, 0.717) is 0 Å². The van der Waals surface area contributed by atoms with Gasteiger partial charge in [-0.2, -0.15) is 9.97 Å². The highest BCUT2D eigenvalue weighted by Crippen LogP contribution is 2.23. The predicted octanol–water partition coefficient (Wildman–Crippen LogP) is 1.51. The summed E-state index contributed by atoms with van der Waals surface area (Å²) in [6, 6.07) is 3.13. The molecule has 0 aliphatic rings. The van der Waals surface area contributed by atoms with Crippen molar-refractivity contribution >= 4 is 23.3 Å². The minimum atomic E-state index is -1.58. The number of hydrogen-bond acceptors (Lipinski definition) is 6. The van der Waals surface area contributed by atoms with Crippen LogP contribution in [0.2, 0.25) is 0 Å². The SMILES string of the molecule is NNc1cc(Nc2ccc(F)c(F)c2F)nc(N)n1. The van der Waals surface area contributed by atoms with Gasteiger partial charge in [-0.05, 0) is 12.1 Å². The summed E-state index contributed by atoms with van der Waals surface area (Å²) in [5.74, 6) is 1.05. The highest BCUT2D eigenvalue weighted by atomic mass is 19.2. The first-order chi connectivity index (χ1) is 9.01. The first kappa shape index (κ1) is 12.9. The molecule has 0 amide bonds. The Labute approximate surface area is 105 Å². The minimum absolute atomic E-state index is 0.0744. The van der Waals surface area contributed by atoms with Crippen LogP contribution in [0.25, 0.3) is 0 Å². The second kappa shape index (κ2) is 4.98. The summed E-state index contributed by atoms with van der Waals surface area (Å²) in [7, 11) is 0. The molecule has 0 saturated carbocycles. The van der Waals surface area contributed by atoms with E-state index in [4.69, 9.17) is 11.6 Å². The van der Waals surface area contributed by atoms with Crippen molar-refractivity contribution in [3.8, 4) is 0 Å². The van der Waals surface area contributed by atoms with Gasteiger partial charge in [-0.15, -0.1) is 0 Å². The van der Waals surface area contributed by atoms with E-state index >= 15 is 0 Å². The monoisotopic (exact) mass is 270 g/mol. The van der Waals surface area contributed by atoms with E-state index in [2.05, 4.69) is 20.7 Å². The highest BCUT2D eigenvalue weighted by molar-refractivity contribution is 5.61. The fraction of sp³-hybridized carbons (Fsp3) is 0. The van der Waals surface area contributed by atoms with E-state index in [1.807, 2.05) is 0 Å². The predicted molar refractivity (Wildman–Crippen MR) is 63.9 cm³/mol. The zero-order valence-electron chi connectivity index (χ0n) is 9.42. The van der Waals surface area contributed by atoms with Gasteiger partial charge in [-0.3, -0.25) is 0 Å². The third-order valence-electron chi connectivity index (χ3n) is 2.19. The molecule has 0 fully saturated rings. The Bertz CT molecular complexity index is 618. The Morgan fingerprint density at radius 1 is 1.00 bits per heavy atom. The van der Waals surface area contributed by atoms with Crippen molar-refractivity contribution in [1.82, 2.24) is 9.97 Å². The van der Waals surface area contributed by atoms with Crippen LogP contribution in [-0.4, -0.2) is 9.97 Å². The lowest BCUT2D eigenvalue weighted by Gasteiger charge is -2.09. The highest BCUT2D eigenvalue weighted by Gasteiger charge is 2.14. The van der Waals surface area contributed by atoms with Crippen LogP contribution in [-0.2, 0) is 0 Å². The fourth-order valence-electron chi connectivity index (χ4n) is 1.36. The van der Waals surface area contributed by atoms with E-state index in [9.17, 15) is 13.2 Å². The standard InChI is InChI=1S/C10H9F3N6/c11-4-1-2-5(9(13)8(4)12)16-6-3-7(19-15)18-10(14)17-6/h1-3H,15H2,(H4,14,16,17,18,19). The van der Waals surface area contributed by atoms with Crippen LogP contribution in [0, 0.1) is 17.5 Å². The molecule has 6 nitrogen and oxygen atoms in total. The van der Waals surface area contributed by atoms with Crippen molar-refractivity contribution in [2.24, 2.45) is 5.84 Å². The second-order valence-corrected chi connectivity index (χ2v) is 3.49. The smallest absolute Gasteiger partial charge is 0.223 e. The van der Waals surface area contributed by atoms with Crippen LogP contribution in [0.4, 0.5) is 36.4 Å². The van der Waals surface area contributed by atoms with Gasteiger partial charge in [-0.25, -0.2) is 19.0 Å². The summed E-state index contributed by atoms with van der Waals surface area (Å²) < 4.78 is 39.2. The molecular formula is C10H9F3N6. The molecular weight excluding hydrogens is 261 g/mol. The normalized spacial score (nSPS) is 10.3. The van der Waals surface area contributed by atoms with Crippen molar-refractivity contribution in [3.05, 3.63) is 35.7 Å². The lowest BCUT2D eigenvalue weighted by molar-refractivity contribution is 0.449. The molecule has 2 aromatic rings. The average Bonchev–Trinajstić information content (AvgIpc) is 2.39. The number of anilines is 4. The topological polar surface area (TPSA) is 102 Å². The summed E-state index contributed by atoms with van der Waals surface area (Å²) in [5.41, 5.74) is 7.33. The lowest BCUT2D eigenvalue weighted by Crippen LogP contribution is -2.11. The number of halogens is 3. The average molecular weight is 270 g/mol. The van der Waals surface area contributed by atoms with Crippen molar-refractivity contribution in [3.63, 3.8) is 0 Å². The van der Waals surface area contributed by atoms with E-state index < -0.39 is 17.5 Å². The van der Waals surface area contributed by atoms with Gasteiger partial charge in [0.1, 0.15) is 11.6 Å². The van der Waals surface area contributed by atoms with Gasteiger partial charge in [0.25, 0.3) is 0 Å². The molecule has 1 heterocycles. The van der Waals surface area contributed by atoms with E-state index in [-0.39, 0.29) is 23.3 Å². The Kier molecular flexibility index (Phi) is 3.38. The number of rotatable bonds is 3. The fourth-order valence-corrected chi connectivity index (χ4v) is 1.36. The van der Waals surface area contributed by atoms with Crippen LogP contribution < -0.4 is 22.3 Å². The Balaban J connectivity index is 2.36. The molecule has 0 saturated heterocycles. The summed E-state index contributed by atoms with van der Waals surface area (Å²) in [5, 5.41) is 2.45. The number of nitrogens with zero attached hydrogens (tertiary/aromatic N) is 2. The quantitative estimate of drug-likeness (QED) is 0.383. The molecule has 6 N–H and O–H groups in total. The number of benzene rings is 1. The van der Waals surface area contributed by atoms with E-state index in [1.165, 1.54) is 6.07 Å². The molecule has 0 spiro atoms. The van der Waals surface area contributed by atoms with Gasteiger partial charge in [-0.1, -0.05) is 0 Å². The largest absolute Gasteiger partial charge is 0.368 e. The molecule has 1 aromatic heterocycles. The summed E-state index contributed by atoms with van der Waals surface area (Å²) in [4.78, 5) is 7.46. The maximum atomic E-state index is 13.4. The molecule has 0 bridgehead atoms. The molecule has 0 atom stereocenters. The third-order valence-corrected chi connectivity index (χ3v) is 2.19. The molecule has 0 aliphatic carbocycles. The van der Waals surface area contributed by atoms with Crippen LogP contribution in [0.3, 0.4) is 0 Å². The van der Waals surface area contributed by atoms with Gasteiger partial charge >= 0.3 is 0 Å². The molecule has 0 unspecified atom stereocenters. The van der Waals surface area contributed by atoms with Gasteiger partial charge in [0.05, 0.1) is 5.69 Å². The number of aromatic nitrogens is 2. The van der Waals surface area contributed by atoms with Crippen molar-refractivity contribution in [1.29, 1.82) is 0 Å². The third kappa shape index (κ3) is 2.65.